The van der Waals surface area contributed by atoms with E-state index in [1.165, 1.54) is 18.5 Å². The van der Waals surface area contributed by atoms with Gasteiger partial charge in [0.05, 0.1) is 11.1 Å². The second-order valence-corrected chi connectivity index (χ2v) is 4.69. The third-order valence-corrected chi connectivity index (χ3v) is 2.73. The molecule has 1 N–H and O–H groups in total. The highest BCUT2D eigenvalue weighted by Crippen LogP contribution is 2.29. The summed E-state index contributed by atoms with van der Waals surface area (Å²) in [7, 11) is 0. The molecule has 0 saturated heterocycles. The van der Waals surface area contributed by atoms with Gasteiger partial charge in [-0.15, -0.1) is 0 Å². The standard InChI is InChI=1S/C12H7BrF3N3O/c13-9-3-7(5-17-6-9)11(20)19-10-4-8(1-2-18-10)12(14,15)16/h1-6H,(H,18,19,20). The first-order chi connectivity index (χ1) is 9.36. The van der Waals surface area contributed by atoms with Crippen molar-refractivity contribution in [3.05, 3.63) is 52.4 Å². The number of alkyl halides is 3. The first-order valence-electron chi connectivity index (χ1n) is 5.31. The smallest absolute Gasteiger partial charge is 0.307 e. The average molecular weight is 346 g/mol. The fourth-order valence-corrected chi connectivity index (χ4v) is 1.76. The maximum absolute atomic E-state index is 12.5. The molecule has 1 amide bonds. The number of anilines is 1. The van der Waals surface area contributed by atoms with E-state index in [9.17, 15) is 18.0 Å². The van der Waals surface area contributed by atoms with Gasteiger partial charge in [-0.3, -0.25) is 9.78 Å². The predicted octanol–water partition coefficient (Wildman–Crippen LogP) is 3.51. The van der Waals surface area contributed by atoms with Crippen molar-refractivity contribution in [2.75, 3.05) is 5.32 Å². The fourth-order valence-electron chi connectivity index (χ4n) is 1.40. The van der Waals surface area contributed by atoms with Crippen LogP contribution in [-0.4, -0.2) is 15.9 Å². The van der Waals surface area contributed by atoms with E-state index in [-0.39, 0.29) is 11.4 Å². The Hall–Kier alpha value is -1.96. The molecular weight excluding hydrogens is 339 g/mol. The largest absolute Gasteiger partial charge is 0.416 e. The van der Waals surface area contributed by atoms with E-state index in [0.29, 0.717) is 4.47 Å². The molecule has 0 bridgehead atoms. The van der Waals surface area contributed by atoms with Gasteiger partial charge >= 0.3 is 6.18 Å². The van der Waals surface area contributed by atoms with Crippen LogP contribution in [0.4, 0.5) is 19.0 Å². The number of carbonyl (C=O) groups excluding carboxylic acids is 1. The van der Waals surface area contributed by atoms with Gasteiger partial charge in [-0.1, -0.05) is 0 Å². The second kappa shape index (κ2) is 5.58. The van der Waals surface area contributed by atoms with Gasteiger partial charge in [0.25, 0.3) is 5.91 Å². The Balaban J connectivity index is 2.20. The van der Waals surface area contributed by atoms with Gasteiger partial charge < -0.3 is 5.32 Å². The zero-order valence-electron chi connectivity index (χ0n) is 9.78. The zero-order chi connectivity index (χ0) is 14.8. The Morgan fingerprint density at radius 2 is 2.00 bits per heavy atom. The monoisotopic (exact) mass is 345 g/mol. The van der Waals surface area contributed by atoms with Crippen molar-refractivity contribution < 1.29 is 18.0 Å². The summed E-state index contributed by atoms with van der Waals surface area (Å²) in [6, 6.07) is 3.09. The molecule has 0 fully saturated rings. The van der Waals surface area contributed by atoms with Crippen molar-refractivity contribution in [1.29, 1.82) is 0 Å². The minimum Gasteiger partial charge on any atom is -0.307 e. The third-order valence-electron chi connectivity index (χ3n) is 2.30. The van der Waals surface area contributed by atoms with Crippen molar-refractivity contribution in [3.63, 3.8) is 0 Å². The highest BCUT2D eigenvalue weighted by atomic mass is 79.9. The van der Waals surface area contributed by atoms with Gasteiger partial charge in [-0.2, -0.15) is 13.2 Å². The summed E-state index contributed by atoms with van der Waals surface area (Å²) in [4.78, 5) is 19.3. The van der Waals surface area contributed by atoms with E-state index in [4.69, 9.17) is 0 Å². The lowest BCUT2D eigenvalue weighted by Crippen LogP contribution is -2.14. The van der Waals surface area contributed by atoms with Crippen LogP contribution in [0.3, 0.4) is 0 Å². The topological polar surface area (TPSA) is 54.9 Å². The highest BCUT2D eigenvalue weighted by Gasteiger charge is 2.30. The van der Waals surface area contributed by atoms with E-state index in [1.807, 2.05) is 0 Å². The molecule has 0 saturated carbocycles. The number of nitrogens with zero attached hydrogens (tertiary/aromatic N) is 2. The van der Waals surface area contributed by atoms with Crippen LogP contribution in [-0.2, 0) is 6.18 Å². The van der Waals surface area contributed by atoms with E-state index in [2.05, 4.69) is 31.2 Å². The van der Waals surface area contributed by atoms with Gasteiger partial charge in [0.2, 0.25) is 0 Å². The first-order valence-corrected chi connectivity index (χ1v) is 6.11. The second-order valence-electron chi connectivity index (χ2n) is 3.77. The summed E-state index contributed by atoms with van der Waals surface area (Å²) >= 11 is 3.15. The Morgan fingerprint density at radius 1 is 1.25 bits per heavy atom. The summed E-state index contributed by atoms with van der Waals surface area (Å²) in [5.74, 6) is -0.768. The molecule has 2 aromatic heterocycles. The number of carbonyl (C=O) groups is 1. The van der Waals surface area contributed by atoms with Crippen LogP contribution in [0.5, 0.6) is 0 Å². The summed E-state index contributed by atoms with van der Waals surface area (Å²) in [5.41, 5.74) is -0.672. The molecule has 0 aliphatic carbocycles. The quantitative estimate of drug-likeness (QED) is 0.906. The third kappa shape index (κ3) is 3.53. The van der Waals surface area contributed by atoms with Gasteiger partial charge in [-0.25, -0.2) is 4.98 Å². The molecule has 4 nitrogen and oxygen atoms in total. The molecule has 2 rings (SSSR count). The molecule has 0 aromatic carbocycles. The molecule has 104 valence electrons. The average Bonchev–Trinajstić information content (AvgIpc) is 2.38. The number of hydrogen-bond acceptors (Lipinski definition) is 3. The highest BCUT2D eigenvalue weighted by molar-refractivity contribution is 9.10. The molecule has 0 radical (unpaired) electrons. The van der Waals surface area contributed by atoms with E-state index in [0.717, 1.165) is 18.3 Å². The molecule has 0 atom stereocenters. The van der Waals surface area contributed by atoms with Gasteiger partial charge in [0, 0.05) is 23.1 Å². The number of halogens is 4. The van der Waals surface area contributed by atoms with E-state index < -0.39 is 17.6 Å². The molecule has 0 aliphatic heterocycles. The minimum atomic E-state index is -4.49. The summed E-state index contributed by atoms with van der Waals surface area (Å²) in [5, 5.41) is 2.29. The molecule has 0 aliphatic rings. The first kappa shape index (κ1) is 14.4. The maximum Gasteiger partial charge on any atom is 0.416 e. The molecule has 20 heavy (non-hydrogen) atoms. The molecule has 0 spiro atoms. The molecular formula is C12H7BrF3N3O. The van der Waals surface area contributed by atoms with Crippen molar-refractivity contribution in [1.82, 2.24) is 9.97 Å². The van der Waals surface area contributed by atoms with Gasteiger partial charge in [0.1, 0.15) is 5.82 Å². The van der Waals surface area contributed by atoms with E-state index in [1.54, 1.807) is 0 Å². The van der Waals surface area contributed by atoms with Crippen LogP contribution in [0, 0.1) is 0 Å². The summed E-state index contributed by atoms with van der Waals surface area (Å²) < 4.78 is 38.2. The molecule has 2 heterocycles. The number of amides is 1. The van der Waals surface area contributed by atoms with Gasteiger partial charge in [0.15, 0.2) is 0 Å². The molecule has 8 heteroatoms. The molecule has 2 aromatic rings. The number of pyridine rings is 2. The van der Waals surface area contributed by atoms with Crippen LogP contribution in [0.1, 0.15) is 15.9 Å². The maximum atomic E-state index is 12.5. The SMILES string of the molecule is O=C(Nc1cc(C(F)(F)F)ccn1)c1cncc(Br)c1. The number of hydrogen-bond donors (Lipinski definition) is 1. The van der Waals surface area contributed by atoms with Crippen LogP contribution in [0.2, 0.25) is 0 Å². The Kier molecular flexibility index (Phi) is 4.03. The lowest BCUT2D eigenvalue weighted by Gasteiger charge is -2.09. The zero-order valence-corrected chi connectivity index (χ0v) is 11.4. The lowest BCUT2D eigenvalue weighted by molar-refractivity contribution is -0.137. The number of rotatable bonds is 2. The lowest BCUT2D eigenvalue weighted by atomic mass is 10.2. The Bertz CT molecular complexity index is 646. The van der Waals surface area contributed by atoms with Crippen LogP contribution in [0.25, 0.3) is 0 Å². The fraction of sp³-hybridized carbons (Fsp3) is 0.0833. The van der Waals surface area contributed by atoms with Crippen LogP contribution in [0.15, 0.2) is 41.3 Å². The predicted molar refractivity (Wildman–Crippen MR) is 69.1 cm³/mol. The summed E-state index contributed by atoms with van der Waals surface area (Å²) in [6.45, 7) is 0. The molecule has 0 unspecified atom stereocenters. The van der Waals surface area contributed by atoms with Crippen LogP contribution >= 0.6 is 15.9 Å². The van der Waals surface area contributed by atoms with Crippen LogP contribution < -0.4 is 5.32 Å². The van der Waals surface area contributed by atoms with Crippen molar-refractivity contribution in [2.24, 2.45) is 0 Å². The van der Waals surface area contributed by atoms with E-state index >= 15 is 0 Å². The Labute approximate surface area is 120 Å². The van der Waals surface area contributed by atoms with Crippen molar-refractivity contribution in [3.8, 4) is 0 Å². The van der Waals surface area contributed by atoms with Gasteiger partial charge in [-0.05, 0) is 34.1 Å². The van der Waals surface area contributed by atoms with Crippen molar-refractivity contribution >= 4 is 27.7 Å². The summed E-state index contributed by atoms with van der Waals surface area (Å²) in [6.07, 6.45) is -0.718. The Morgan fingerprint density at radius 3 is 2.65 bits per heavy atom. The number of nitrogens with one attached hydrogen (secondary N) is 1. The number of aromatic nitrogens is 2. The minimum absolute atomic E-state index is 0.176. The van der Waals surface area contributed by atoms with Crippen molar-refractivity contribution in [2.45, 2.75) is 6.18 Å². The normalized spacial score (nSPS) is 11.2.